The van der Waals surface area contributed by atoms with Gasteiger partial charge in [0.2, 0.25) is 0 Å². The smallest absolute Gasteiger partial charge is 0.0196 e. The van der Waals surface area contributed by atoms with E-state index in [9.17, 15) is 0 Å². The van der Waals surface area contributed by atoms with Gasteiger partial charge in [-0.15, -0.1) is 0 Å². The van der Waals surface area contributed by atoms with Crippen LogP contribution < -0.4 is 0 Å². The third kappa shape index (κ3) is 2.06. The Morgan fingerprint density at radius 2 is 1.50 bits per heavy atom. The Balaban J connectivity index is 3.32. The van der Waals surface area contributed by atoms with Gasteiger partial charge in [0, 0.05) is 0 Å². The Labute approximate surface area is 87.7 Å². The third-order valence-corrected chi connectivity index (χ3v) is 2.94. The fourth-order valence-corrected chi connectivity index (χ4v) is 1.73. The summed E-state index contributed by atoms with van der Waals surface area (Å²) in [5.74, 6) is 0. The predicted octanol–water partition coefficient (Wildman–Crippen LogP) is 4.34. The molecule has 76 valence electrons. The minimum absolute atomic E-state index is 1.10. The summed E-state index contributed by atoms with van der Waals surface area (Å²) in [6.07, 6.45) is 5.59. The number of allylic oxidation sites excluding steroid dienone is 1. The van der Waals surface area contributed by atoms with Crippen molar-refractivity contribution in [3.05, 3.63) is 40.0 Å². The first kappa shape index (κ1) is 11.0. The van der Waals surface area contributed by atoms with Crippen molar-refractivity contribution in [2.75, 3.05) is 0 Å². The minimum atomic E-state index is 1.10. The molecular weight excluding hydrogens is 168 g/mol. The zero-order chi connectivity index (χ0) is 10.7. The maximum Gasteiger partial charge on any atom is -0.0196 e. The molecular formula is C14H20. The molecule has 0 aliphatic carbocycles. The van der Waals surface area contributed by atoms with Gasteiger partial charge in [0.15, 0.2) is 0 Å². The molecule has 0 amide bonds. The summed E-state index contributed by atoms with van der Waals surface area (Å²) in [6, 6.07) is 2.27. The molecule has 1 rings (SSSR count). The molecule has 0 radical (unpaired) electrons. The van der Waals surface area contributed by atoms with Crippen molar-refractivity contribution in [2.24, 2.45) is 0 Å². The quantitative estimate of drug-likeness (QED) is 0.647. The molecule has 0 heterocycles. The lowest BCUT2D eigenvalue weighted by Crippen LogP contribution is -1.93. The lowest BCUT2D eigenvalue weighted by Gasteiger charge is -2.11. The van der Waals surface area contributed by atoms with Gasteiger partial charge in [-0.05, 0) is 61.9 Å². The monoisotopic (exact) mass is 188 g/mol. The highest BCUT2D eigenvalue weighted by Gasteiger charge is 2.04. The summed E-state index contributed by atoms with van der Waals surface area (Å²) >= 11 is 0. The van der Waals surface area contributed by atoms with Crippen LogP contribution in [0.1, 0.15) is 41.2 Å². The highest BCUT2D eigenvalue weighted by molar-refractivity contribution is 5.61. The standard InChI is InChI=1S/C14H20/c1-6-7-8-14-12(4)10(2)9-11(3)13(14)5/h7-9H,6H2,1-5H3. The van der Waals surface area contributed by atoms with E-state index in [4.69, 9.17) is 0 Å². The van der Waals surface area contributed by atoms with E-state index in [0.717, 1.165) is 6.42 Å². The molecule has 0 aliphatic rings. The van der Waals surface area contributed by atoms with Crippen LogP contribution in [-0.2, 0) is 0 Å². The molecule has 0 nitrogen and oxygen atoms in total. The fourth-order valence-electron chi connectivity index (χ4n) is 1.73. The molecule has 0 atom stereocenters. The molecule has 0 heteroatoms. The predicted molar refractivity (Wildman–Crippen MR) is 64.7 cm³/mol. The van der Waals surface area contributed by atoms with Gasteiger partial charge in [-0.25, -0.2) is 0 Å². The number of hydrogen-bond acceptors (Lipinski definition) is 0. The summed E-state index contributed by atoms with van der Waals surface area (Å²) in [7, 11) is 0. The van der Waals surface area contributed by atoms with Gasteiger partial charge in [-0.3, -0.25) is 0 Å². The second-order valence-corrected chi connectivity index (χ2v) is 3.98. The van der Waals surface area contributed by atoms with Crippen LogP contribution in [0.5, 0.6) is 0 Å². The second kappa shape index (κ2) is 4.45. The Bertz CT molecular complexity index is 331. The van der Waals surface area contributed by atoms with Crippen molar-refractivity contribution < 1.29 is 0 Å². The van der Waals surface area contributed by atoms with E-state index in [0.29, 0.717) is 0 Å². The molecule has 1 aromatic carbocycles. The van der Waals surface area contributed by atoms with Gasteiger partial charge in [0.25, 0.3) is 0 Å². The summed E-state index contributed by atoms with van der Waals surface area (Å²) in [4.78, 5) is 0. The second-order valence-electron chi connectivity index (χ2n) is 3.98. The third-order valence-electron chi connectivity index (χ3n) is 2.94. The molecule has 1 aromatic rings. The average Bonchev–Trinajstić information content (AvgIpc) is 2.15. The minimum Gasteiger partial charge on any atom is -0.0842 e. The summed E-state index contributed by atoms with van der Waals surface area (Å²) in [6.45, 7) is 11.0. The van der Waals surface area contributed by atoms with E-state index in [1.54, 1.807) is 0 Å². The van der Waals surface area contributed by atoms with Gasteiger partial charge in [0.1, 0.15) is 0 Å². The van der Waals surface area contributed by atoms with Gasteiger partial charge >= 0.3 is 0 Å². The molecule has 0 saturated carbocycles. The van der Waals surface area contributed by atoms with Gasteiger partial charge in [-0.1, -0.05) is 25.1 Å². The molecule has 0 bridgehead atoms. The zero-order valence-electron chi connectivity index (χ0n) is 9.94. The first-order valence-corrected chi connectivity index (χ1v) is 5.31. The molecule has 14 heavy (non-hydrogen) atoms. The van der Waals surface area contributed by atoms with Gasteiger partial charge in [0.05, 0.1) is 0 Å². The normalized spacial score (nSPS) is 11.2. The van der Waals surface area contributed by atoms with E-state index >= 15 is 0 Å². The Morgan fingerprint density at radius 1 is 1.00 bits per heavy atom. The maximum absolute atomic E-state index is 2.27. The highest BCUT2D eigenvalue weighted by atomic mass is 14.1. The van der Waals surface area contributed by atoms with Crippen molar-refractivity contribution >= 4 is 6.08 Å². The molecule has 0 N–H and O–H groups in total. The molecule has 0 spiro atoms. The Kier molecular flexibility index (Phi) is 3.51. The van der Waals surface area contributed by atoms with Crippen LogP contribution in [0.4, 0.5) is 0 Å². The lowest BCUT2D eigenvalue weighted by atomic mass is 9.94. The van der Waals surface area contributed by atoms with Gasteiger partial charge in [-0.2, -0.15) is 0 Å². The summed E-state index contributed by atoms with van der Waals surface area (Å²) < 4.78 is 0. The van der Waals surface area contributed by atoms with E-state index in [1.165, 1.54) is 27.8 Å². The maximum atomic E-state index is 2.27. The average molecular weight is 188 g/mol. The van der Waals surface area contributed by atoms with E-state index in [2.05, 4.69) is 52.8 Å². The van der Waals surface area contributed by atoms with Crippen LogP contribution in [0, 0.1) is 27.7 Å². The SMILES string of the molecule is CCC=Cc1c(C)c(C)cc(C)c1C. The van der Waals surface area contributed by atoms with Crippen molar-refractivity contribution in [3.8, 4) is 0 Å². The van der Waals surface area contributed by atoms with Gasteiger partial charge < -0.3 is 0 Å². The molecule has 0 aromatic heterocycles. The van der Waals surface area contributed by atoms with Crippen molar-refractivity contribution in [3.63, 3.8) is 0 Å². The van der Waals surface area contributed by atoms with Crippen LogP contribution in [-0.4, -0.2) is 0 Å². The topological polar surface area (TPSA) is 0 Å². The Hall–Kier alpha value is -1.04. The fraction of sp³-hybridized carbons (Fsp3) is 0.429. The van der Waals surface area contributed by atoms with Crippen LogP contribution >= 0.6 is 0 Å². The van der Waals surface area contributed by atoms with E-state index < -0.39 is 0 Å². The van der Waals surface area contributed by atoms with Crippen LogP contribution in [0.15, 0.2) is 12.1 Å². The van der Waals surface area contributed by atoms with E-state index in [1.807, 2.05) is 0 Å². The summed E-state index contributed by atoms with van der Waals surface area (Å²) in [5, 5.41) is 0. The first-order chi connectivity index (χ1) is 6.57. The number of aryl methyl sites for hydroxylation is 2. The lowest BCUT2D eigenvalue weighted by molar-refractivity contribution is 1.21. The molecule has 0 saturated heterocycles. The molecule has 0 aliphatic heterocycles. The highest BCUT2D eigenvalue weighted by Crippen LogP contribution is 2.22. The van der Waals surface area contributed by atoms with Crippen LogP contribution in [0.25, 0.3) is 6.08 Å². The van der Waals surface area contributed by atoms with Crippen LogP contribution in [0.3, 0.4) is 0 Å². The Morgan fingerprint density at radius 3 is 1.93 bits per heavy atom. The first-order valence-electron chi connectivity index (χ1n) is 5.31. The van der Waals surface area contributed by atoms with Crippen LogP contribution in [0.2, 0.25) is 0 Å². The van der Waals surface area contributed by atoms with Crippen molar-refractivity contribution in [1.29, 1.82) is 0 Å². The number of hydrogen-bond donors (Lipinski definition) is 0. The number of rotatable bonds is 2. The van der Waals surface area contributed by atoms with E-state index in [-0.39, 0.29) is 0 Å². The molecule has 0 unspecified atom stereocenters. The molecule has 0 fully saturated rings. The number of benzene rings is 1. The summed E-state index contributed by atoms with van der Waals surface area (Å²) in [5.41, 5.74) is 7.02. The van der Waals surface area contributed by atoms with Crippen molar-refractivity contribution in [2.45, 2.75) is 41.0 Å². The largest absolute Gasteiger partial charge is 0.0842 e. The van der Waals surface area contributed by atoms with Crippen molar-refractivity contribution in [1.82, 2.24) is 0 Å². The zero-order valence-corrected chi connectivity index (χ0v) is 9.94.